The fourth-order valence-electron chi connectivity index (χ4n) is 7.92. The highest BCUT2D eigenvalue weighted by atomic mass is 35.5. The van der Waals surface area contributed by atoms with Crippen molar-refractivity contribution in [1.29, 1.82) is 0 Å². The topological polar surface area (TPSA) is 157 Å². The van der Waals surface area contributed by atoms with Gasteiger partial charge in [0.1, 0.15) is 5.60 Å². The van der Waals surface area contributed by atoms with Crippen LogP contribution in [0.25, 0.3) is 39.3 Å². The van der Waals surface area contributed by atoms with Crippen molar-refractivity contribution in [2.24, 2.45) is 0 Å². The number of aromatic nitrogens is 5. The number of piperidine rings is 1. The summed E-state index contributed by atoms with van der Waals surface area (Å²) in [6.07, 6.45) is 7.52. The average Bonchev–Trinajstić information content (AvgIpc) is 3.65. The van der Waals surface area contributed by atoms with Gasteiger partial charge in [-0.2, -0.15) is 0 Å². The number of carbonyl (C=O) groups excluding carboxylic acids is 2. The SMILES string of the molecule is COc1nc(-c2cccc(-c3ccnc(-c4cc(OC)c5nc(CNC6CCC(O)CC6)nn5c4)c3Cl)c2Cl)ccc1CN(C(=O)OC(C)(C)C)C1CCN(C(C)=O)CC1. The molecule has 2 aliphatic rings. The molecule has 0 bridgehead atoms. The van der Waals surface area contributed by atoms with Gasteiger partial charge in [0.15, 0.2) is 17.2 Å². The van der Waals surface area contributed by atoms with Crippen LogP contribution in [0.5, 0.6) is 11.6 Å². The molecule has 0 unspecified atom stereocenters. The number of fused-ring (bicyclic) bond motifs is 1. The van der Waals surface area contributed by atoms with Gasteiger partial charge in [0, 0.05) is 72.3 Å². The first kappa shape index (κ1) is 43.1. The van der Waals surface area contributed by atoms with Gasteiger partial charge in [-0.3, -0.25) is 9.78 Å². The zero-order chi connectivity index (χ0) is 42.7. The molecule has 5 heterocycles. The van der Waals surface area contributed by atoms with E-state index in [0.29, 0.717) is 111 Å². The number of aliphatic hydroxyl groups is 1. The normalized spacial score (nSPS) is 17.4. The van der Waals surface area contributed by atoms with Crippen molar-refractivity contribution in [3.63, 3.8) is 0 Å². The zero-order valence-electron chi connectivity index (χ0n) is 34.9. The van der Waals surface area contributed by atoms with E-state index in [2.05, 4.69) is 10.3 Å². The van der Waals surface area contributed by atoms with Gasteiger partial charge in [0.05, 0.1) is 54.8 Å². The number of hydrogen-bond acceptors (Lipinski definition) is 11. The minimum Gasteiger partial charge on any atom is -0.493 e. The first-order chi connectivity index (χ1) is 28.7. The highest BCUT2D eigenvalue weighted by Crippen LogP contribution is 2.42. The van der Waals surface area contributed by atoms with E-state index in [0.717, 1.165) is 25.7 Å². The van der Waals surface area contributed by atoms with Crippen molar-refractivity contribution < 1.29 is 28.9 Å². The third-order valence-corrected chi connectivity index (χ3v) is 11.9. The number of aliphatic hydroxyl groups excluding tert-OH is 1. The molecule has 0 spiro atoms. The lowest BCUT2D eigenvalue weighted by Gasteiger charge is -2.39. The van der Waals surface area contributed by atoms with E-state index in [1.54, 1.807) is 41.7 Å². The molecule has 0 radical (unpaired) electrons. The van der Waals surface area contributed by atoms with Crippen LogP contribution in [0.15, 0.2) is 54.9 Å². The number of halogens is 2. The largest absolute Gasteiger partial charge is 0.493 e. The van der Waals surface area contributed by atoms with Crippen LogP contribution in [0.3, 0.4) is 0 Å². The van der Waals surface area contributed by atoms with Gasteiger partial charge in [-0.05, 0) is 83.6 Å². The molecule has 0 atom stereocenters. The molecule has 2 N–H and O–H groups in total. The summed E-state index contributed by atoms with van der Waals surface area (Å²) in [5.41, 5.74) is 4.34. The summed E-state index contributed by atoms with van der Waals surface area (Å²) < 4.78 is 19.1. The first-order valence-corrected chi connectivity index (χ1v) is 21.1. The molecule has 1 saturated heterocycles. The smallest absolute Gasteiger partial charge is 0.410 e. The molecule has 4 aromatic heterocycles. The predicted octanol–water partition coefficient (Wildman–Crippen LogP) is 7.99. The number of rotatable bonds is 11. The quantitative estimate of drug-likeness (QED) is 0.133. The van der Waals surface area contributed by atoms with Gasteiger partial charge in [-0.25, -0.2) is 19.3 Å². The minimum atomic E-state index is -0.692. The Bertz CT molecular complexity index is 2350. The number of ether oxygens (including phenoxy) is 3. The van der Waals surface area contributed by atoms with Crippen molar-refractivity contribution in [2.75, 3.05) is 27.3 Å². The summed E-state index contributed by atoms with van der Waals surface area (Å²) in [5, 5.41) is 18.9. The van der Waals surface area contributed by atoms with Gasteiger partial charge < -0.3 is 34.4 Å². The van der Waals surface area contributed by atoms with Gasteiger partial charge in [0.2, 0.25) is 11.8 Å². The summed E-state index contributed by atoms with van der Waals surface area (Å²) in [4.78, 5) is 43.4. The molecule has 16 heteroatoms. The monoisotopic (exact) mass is 858 g/mol. The van der Waals surface area contributed by atoms with Gasteiger partial charge >= 0.3 is 6.09 Å². The maximum Gasteiger partial charge on any atom is 0.410 e. The van der Waals surface area contributed by atoms with Crippen LogP contribution in [-0.4, -0.2) is 103 Å². The molecule has 14 nitrogen and oxygen atoms in total. The average molecular weight is 860 g/mol. The summed E-state index contributed by atoms with van der Waals surface area (Å²) in [6.45, 7) is 8.89. The molecule has 7 rings (SSSR count). The highest BCUT2D eigenvalue weighted by molar-refractivity contribution is 6.39. The minimum absolute atomic E-state index is 0.0230. The van der Waals surface area contributed by atoms with Crippen LogP contribution in [0.1, 0.15) is 77.6 Å². The number of likely N-dealkylation sites (tertiary alicyclic amines) is 1. The van der Waals surface area contributed by atoms with Crippen LogP contribution >= 0.6 is 23.2 Å². The standard InChI is InChI=1S/C44H52Cl2N8O6/c1-26(55)52-20-17-30(18-21-52)53(43(57)60-44(2,3)4)24-27-10-15-35(49-42(27)59-6)34-9-7-8-32(38(34)45)33-16-19-47-40(39(33)46)28-22-36(58-5)41-50-37(51-54(41)25-28)23-48-29-11-13-31(56)14-12-29/h7-10,15-16,19,22,25,29-31,48,56H,11-14,17-18,20-21,23-24H2,1-6H3. The maximum atomic E-state index is 13.6. The maximum absolute atomic E-state index is 13.6. The van der Waals surface area contributed by atoms with E-state index in [4.69, 9.17) is 52.5 Å². The molecule has 1 saturated carbocycles. The van der Waals surface area contributed by atoms with E-state index in [-0.39, 0.29) is 24.6 Å². The van der Waals surface area contributed by atoms with Crippen LogP contribution in [0.4, 0.5) is 4.79 Å². The predicted molar refractivity (Wildman–Crippen MR) is 230 cm³/mol. The first-order valence-electron chi connectivity index (χ1n) is 20.3. The van der Waals surface area contributed by atoms with E-state index in [1.807, 2.05) is 69.4 Å². The molecule has 60 heavy (non-hydrogen) atoms. The molecule has 5 aromatic rings. The Kier molecular flexibility index (Phi) is 13.1. The number of carbonyl (C=O) groups is 2. The molecule has 318 valence electrons. The Labute approximate surface area is 360 Å². The summed E-state index contributed by atoms with van der Waals surface area (Å²) in [7, 11) is 3.13. The van der Waals surface area contributed by atoms with E-state index >= 15 is 0 Å². The van der Waals surface area contributed by atoms with Crippen LogP contribution in [-0.2, 0) is 22.6 Å². The molecular formula is C44H52Cl2N8O6. The Morgan fingerprint density at radius 3 is 2.33 bits per heavy atom. The number of methoxy groups -OCH3 is 2. The third kappa shape index (κ3) is 9.62. The third-order valence-electron chi connectivity index (χ3n) is 11.1. The highest BCUT2D eigenvalue weighted by Gasteiger charge is 2.33. The van der Waals surface area contributed by atoms with E-state index in [9.17, 15) is 14.7 Å². The van der Waals surface area contributed by atoms with Crippen LogP contribution < -0.4 is 14.8 Å². The lowest BCUT2D eigenvalue weighted by molar-refractivity contribution is -0.130. The summed E-state index contributed by atoms with van der Waals surface area (Å²) >= 11 is 14.4. The van der Waals surface area contributed by atoms with Gasteiger partial charge in [0.25, 0.3) is 0 Å². The zero-order valence-corrected chi connectivity index (χ0v) is 36.4. The van der Waals surface area contributed by atoms with Crippen molar-refractivity contribution in [3.05, 3.63) is 76.3 Å². The van der Waals surface area contributed by atoms with Crippen molar-refractivity contribution in [2.45, 2.75) is 103 Å². The number of pyridine rings is 3. The number of nitrogens with one attached hydrogen (secondary N) is 1. The van der Waals surface area contributed by atoms with E-state index < -0.39 is 11.7 Å². The second kappa shape index (κ2) is 18.3. The molecule has 1 aliphatic heterocycles. The van der Waals surface area contributed by atoms with Crippen molar-refractivity contribution in [1.82, 2.24) is 39.7 Å². The van der Waals surface area contributed by atoms with Crippen molar-refractivity contribution in [3.8, 4) is 45.3 Å². The fourth-order valence-corrected chi connectivity index (χ4v) is 8.56. The fraction of sp³-hybridized carbons (Fsp3) is 0.455. The lowest BCUT2D eigenvalue weighted by atomic mass is 9.93. The Balaban J connectivity index is 1.15. The van der Waals surface area contributed by atoms with Gasteiger partial charge in [-0.1, -0.05) is 41.4 Å². The number of hydrogen-bond donors (Lipinski definition) is 2. The molecule has 2 fully saturated rings. The molecular weight excluding hydrogens is 807 g/mol. The molecule has 2 amide bonds. The van der Waals surface area contributed by atoms with Crippen molar-refractivity contribution >= 4 is 40.8 Å². The lowest BCUT2D eigenvalue weighted by Crippen LogP contribution is -2.49. The second-order valence-corrected chi connectivity index (χ2v) is 17.1. The molecule has 1 aromatic carbocycles. The number of nitrogens with zero attached hydrogens (tertiary/aromatic N) is 7. The molecule has 1 aliphatic carbocycles. The van der Waals surface area contributed by atoms with Crippen LogP contribution in [0.2, 0.25) is 10.0 Å². The van der Waals surface area contributed by atoms with Gasteiger partial charge in [-0.15, -0.1) is 5.10 Å². The van der Waals surface area contributed by atoms with Crippen LogP contribution in [0, 0.1) is 0 Å². The summed E-state index contributed by atoms with van der Waals surface area (Å²) in [5.74, 6) is 1.51. The Morgan fingerprint density at radius 1 is 0.933 bits per heavy atom. The second-order valence-electron chi connectivity index (χ2n) is 16.4. The summed E-state index contributed by atoms with van der Waals surface area (Å²) in [6, 6.07) is 13.2. The Hall–Kier alpha value is -5.02. The van der Waals surface area contributed by atoms with E-state index in [1.165, 1.54) is 0 Å². The number of benzene rings is 1. The Morgan fingerprint density at radius 2 is 1.65 bits per heavy atom. The number of amides is 2.